The van der Waals surface area contributed by atoms with Crippen LogP contribution in [0.25, 0.3) is 0 Å². The molecule has 260 valence electrons. The van der Waals surface area contributed by atoms with Gasteiger partial charge in [0.25, 0.3) is 0 Å². The minimum atomic E-state index is -1.34. The lowest BCUT2D eigenvalue weighted by atomic mass is 9.47. The molecule has 1 amide bonds. The van der Waals surface area contributed by atoms with E-state index in [0.29, 0.717) is 17.8 Å². The van der Waals surface area contributed by atoms with Gasteiger partial charge >= 0.3 is 0 Å². The summed E-state index contributed by atoms with van der Waals surface area (Å²) in [6.07, 6.45) is 3.97. The van der Waals surface area contributed by atoms with Crippen LogP contribution in [0.3, 0.4) is 0 Å². The molecule has 10 nitrogen and oxygen atoms in total. The molecule has 1 aliphatic heterocycles. The largest absolute Gasteiger partial charge is 0.497 e. The molecule has 4 N–H and O–H groups in total. The summed E-state index contributed by atoms with van der Waals surface area (Å²) in [6.45, 7) is 7.41. The summed E-state index contributed by atoms with van der Waals surface area (Å²) in [5.41, 5.74) is 2.37. The van der Waals surface area contributed by atoms with Gasteiger partial charge < -0.3 is 39.6 Å². The van der Waals surface area contributed by atoms with E-state index in [1.165, 1.54) is 12.5 Å². The van der Waals surface area contributed by atoms with Gasteiger partial charge in [-0.1, -0.05) is 25.5 Å². The number of Topliss-reactive ketones (excluding diaryl/α,β-unsaturated/α-hetero) is 1. The fraction of sp³-hybridized carbons (Fsp3) is 0.730. The SMILES string of the molecule is COc1ccc(OC)c(C2CC3C4CC=C5CC(OC6O[C@H](CO)[C@@H](O)C(O)[C@H]6NC(C)=O)CCC5(C)C4CCC3(C)C2C(C)=O)c1. The van der Waals surface area contributed by atoms with E-state index in [-0.39, 0.29) is 40.5 Å². The zero-order valence-corrected chi connectivity index (χ0v) is 28.6. The van der Waals surface area contributed by atoms with Crippen LogP contribution in [0.1, 0.15) is 84.1 Å². The monoisotopic (exact) mass is 655 g/mol. The first-order valence-electron chi connectivity index (χ1n) is 17.3. The van der Waals surface area contributed by atoms with Crippen molar-refractivity contribution in [1.82, 2.24) is 5.32 Å². The molecular weight excluding hydrogens is 602 g/mol. The molecule has 0 aromatic heterocycles. The summed E-state index contributed by atoms with van der Waals surface area (Å²) in [6, 6.07) is 4.98. The molecule has 47 heavy (non-hydrogen) atoms. The van der Waals surface area contributed by atoms with Crippen LogP contribution in [0.5, 0.6) is 11.5 Å². The van der Waals surface area contributed by atoms with E-state index in [1.807, 2.05) is 12.1 Å². The van der Waals surface area contributed by atoms with Crippen LogP contribution in [-0.2, 0) is 19.1 Å². The molecule has 1 saturated heterocycles. The molecule has 4 fully saturated rings. The second kappa shape index (κ2) is 13.1. The van der Waals surface area contributed by atoms with Crippen LogP contribution in [0.2, 0.25) is 0 Å². The van der Waals surface area contributed by atoms with Crippen molar-refractivity contribution in [2.24, 2.45) is 34.5 Å². The van der Waals surface area contributed by atoms with Crippen LogP contribution >= 0.6 is 0 Å². The summed E-state index contributed by atoms with van der Waals surface area (Å²) in [4.78, 5) is 25.4. The number of carbonyl (C=O) groups excluding carboxylic acids is 2. The number of aliphatic hydroxyl groups excluding tert-OH is 3. The number of methoxy groups -OCH3 is 2. The molecule has 10 heteroatoms. The van der Waals surface area contributed by atoms with Gasteiger partial charge in [-0.05, 0) is 105 Å². The smallest absolute Gasteiger partial charge is 0.217 e. The van der Waals surface area contributed by atoms with Gasteiger partial charge in [-0.2, -0.15) is 0 Å². The van der Waals surface area contributed by atoms with Crippen LogP contribution in [0.15, 0.2) is 29.8 Å². The zero-order chi connectivity index (χ0) is 33.8. The lowest BCUT2D eigenvalue weighted by molar-refractivity contribution is -0.284. The van der Waals surface area contributed by atoms with E-state index in [1.54, 1.807) is 21.1 Å². The third kappa shape index (κ3) is 5.82. The Balaban J connectivity index is 1.24. The maximum Gasteiger partial charge on any atom is 0.217 e. The molecule has 3 saturated carbocycles. The van der Waals surface area contributed by atoms with Crippen LogP contribution in [0.4, 0.5) is 0 Å². The number of hydrogen-bond acceptors (Lipinski definition) is 9. The van der Waals surface area contributed by atoms with E-state index >= 15 is 0 Å². The van der Waals surface area contributed by atoms with Crippen molar-refractivity contribution in [2.45, 2.75) is 115 Å². The standard InChI is InChI=1S/C37H53NO9/c1-19(40)31-26(25-16-22(44-5)8-10-29(25)45-6)17-28-24-9-7-21-15-23(11-13-36(21,3)27(24)12-14-37(28,31)4)46-35-32(38-20(2)41)34(43)33(42)30(18-39)47-35/h7-8,10,16,23-24,26-28,30-35,39,42-43H,9,11-15,17-18H2,1-6H3,(H,38,41)/t23?,24?,26?,27?,28?,30-,31?,32-,33-,34?,35?,36?,37?/m1/s1. The molecule has 0 bridgehead atoms. The minimum absolute atomic E-state index is 0.00930. The highest BCUT2D eigenvalue weighted by Crippen LogP contribution is 2.69. The first-order valence-corrected chi connectivity index (χ1v) is 17.3. The lowest BCUT2D eigenvalue weighted by Crippen LogP contribution is -2.65. The Hall–Kier alpha value is -2.50. The number of amides is 1. The normalized spacial score (nSPS) is 42.7. The van der Waals surface area contributed by atoms with Crippen molar-refractivity contribution in [2.75, 3.05) is 20.8 Å². The van der Waals surface area contributed by atoms with E-state index in [2.05, 4.69) is 31.3 Å². The number of aliphatic hydroxyl groups is 3. The molecule has 5 aliphatic rings. The van der Waals surface area contributed by atoms with Gasteiger partial charge in [0.1, 0.15) is 41.6 Å². The lowest BCUT2D eigenvalue weighted by Gasteiger charge is -2.58. The van der Waals surface area contributed by atoms with Crippen molar-refractivity contribution in [3.05, 3.63) is 35.4 Å². The molecule has 1 heterocycles. The highest BCUT2D eigenvalue weighted by atomic mass is 16.7. The van der Waals surface area contributed by atoms with Gasteiger partial charge in [-0.3, -0.25) is 9.59 Å². The number of allylic oxidation sites excluding steroid dienone is 1. The molecule has 10 unspecified atom stereocenters. The summed E-state index contributed by atoms with van der Waals surface area (Å²) in [5.74, 6) is 2.82. The number of carbonyl (C=O) groups is 2. The topological polar surface area (TPSA) is 144 Å². The summed E-state index contributed by atoms with van der Waals surface area (Å²) < 4.78 is 23.7. The Bertz CT molecular complexity index is 1380. The first kappa shape index (κ1) is 34.4. The van der Waals surface area contributed by atoms with Crippen molar-refractivity contribution >= 4 is 11.7 Å². The Kier molecular flexibility index (Phi) is 9.57. The molecule has 13 atom stereocenters. The van der Waals surface area contributed by atoms with E-state index in [0.717, 1.165) is 62.0 Å². The van der Waals surface area contributed by atoms with Crippen LogP contribution in [-0.4, -0.2) is 84.6 Å². The van der Waals surface area contributed by atoms with Crippen molar-refractivity contribution in [1.29, 1.82) is 0 Å². The Labute approximate surface area is 278 Å². The van der Waals surface area contributed by atoms with Gasteiger partial charge in [0, 0.05) is 18.4 Å². The second-order valence-corrected chi connectivity index (χ2v) is 15.3. The Morgan fingerprint density at radius 1 is 1.04 bits per heavy atom. The number of hydrogen-bond donors (Lipinski definition) is 4. The Morgan fingerprint density at radius 3 is 2.47 bits per heavy atom. The first-order chi connectivity index (χ1) is 22.4. The number of fused-ring (bicyclic) bond motifs is 5. The predicted molar refractivity (Wildman–Crippen MR) is 174 cm³/mol. The van der Waals surface area contributed by atoms with Crippen LogP contribution in [0, 0.1) is 34.5 Å². The molecule has 1 aromatic rings. The fourth-order valence-electron chi connectivity index (χ4n) is 10.8. The second-order valence-electron chi connectivity index (χ2n) is 15.3. The summed E-state index contributed by atoms with van der Waals surface area (Å²) >= 11 is 0. The summed E-state index contributed by atoms with van der Waals surface area (Å²) in [5, 5.41) is 33.6. The van der Waals surface area contributed by atoms with Gasteiger partial charge in [0.2, 0.25) is 5.91 Å². The molecule has 6 rings (SSSR count). The maximum atomic E-state index is 13.5. The highest BCUT2D eigenvalue weighted by molar-refractivity contribution is 5.81. The minimum Gasteiger partial charge on any atom is -0.497 e. The summed E-state index contributed by atoms with van der Waals surface area (Å²) in [7, 11) is 3.36. The number of ketones is 1. The van der Waals surface area contributed by atoms with Crippen molar-refractivity contribution in [3.8, 4) is 11.5 Å². The number of nitrogens with one attached hydrogen (secondary N) is 1. The molecule has 0 radical (unpaired) electrons. The van der Waals surface area contributed by atoms with E-state index in [4.69, 9.17) is 18.9 Å². The van der Waals surface area contributed by atoms with Gasteiger partial charge in [0.15, 0.2) is 6.29 Å². The van der Waals surface area contributed by atoms with Gasteiger partial charge in [-0.25, -0.2) is 0 Å². The Morgan fingerprint density at radius 2 is 1.81 bits per heavy atom. The van der Waals surface area contributed by atoms with Gasteiger partial charge in [-0.15, -0.1) is 0 Å². The number of benzene rings is 1. The fourth-order valence-corrected chi connectivity index (χ4v) is 10.8. The quantitative estimate of drug-likeness (QED) is 0.307. The number of rotatable bonds is 8. The predicted octanol–water partition coefficient (Wildman–Crippen LogP) is 3.89. The molecule has 1 aromatic carbocycles. The average Bonchev–Trinajstić information content (AvgIpc) is 3.37. The van der Waals surface area contributed by atoms with Crippen LogP contribution < -0.4 is 14.8 Å². The molecule has 0 spiro atoms. The highest BCUT2D eigenvalue weighted by Gasteiger charge is 2.62. The van der Waals surface area contributed by atoms with Gasteiger partial charge in [0.05, 0.1) is 26.9 Å². The third-order valence-corrected chi connectivity index (χ3v) is 13.0. The maximum absolute atomic E-state index is 13.5. The van der Waals surface area contributed by atoms with Crippen molar-refractivity contribution < 1.29 is 43.9 Å². The van der Waals surface area contributed by atoms with E-state index < -0.39 is 37.3 Å². The van der Waals surface area contributed by atoms with E-state index in [9.17, 15) is 24.9 Å². The number of ether oxygens (including phenoxy) is 4. The molecular formula is C37H53NO9. The molecule has 4 aliphatic carbocycles. The average molecular weight is 656 g/mol. The van der Waals surface area contributed by atoms with Crippen molar-refractivity contribution in [3.63, 3.8) is 0 Å². The zero-order valence-electron chi connectivity index (χ0n) is 28.6. The third-order valence-electron chi connectivity index (χ3n) is 13.0.